The van der Waals surface area contributed by atoms with E-state index in [1.165, 1.54) is 0 Å². The zero-order valence-corrected chi connectivity index (χ0v) is 14.1. The van der Waals surface area contributed by atoms with Gasteiger partial charge in [-0.05, 0) is 32.3 Å². The average Bonchev–Trinajstić information content (AvgIpc) is 2.90. The second kappa shape index (κ2) is 6.54. The summed E-state index contributed by atoms with van der Waals surface area (Å²) in [5.41, 5.74) is 8.16. The fourth-order valence-electron chi connectivity index (χ4n) is 2.89. The van der Waals surface area contributed by atoms with Crippen LogP contribution in [0.4, 0.5) is 5.82 Å². The molecule has 0 saturated carbocycles. The molecule has 130 valence electrons. The monoisotopic (exact) mass is 340 g/mol. The summed E-state index contributed by atoms with van der Waals surface area (Å²) in [6.07, 6.45) is 4.64. The summed E-state index contributed by atoms with van der Waals surface area (Å²) >= 11 is 0. The first-order valence-electron chi connectivity index (χ1n) is 8.41. The van der Waals surface area contributed by atoms with Crippen LogP contribution in [0.1, 0.15) is 30.8 Å². The second-order valence-electron chi connectivity index (χ2n) is 6.05. The van der Waals surface area contributed by atoms with Gasteiger partial charge in [0.15, 0.2) is 17.0 Å². The molecule has 25 heavy (non-hydrogen) atoms. The van der Waals surface area contributed by atoms with E-state index in [0.717, 1.165) is 36.5 Å². The lowest BCUT2D eigenvalue weighted by molar-refractivity contribution is 0.267. The lowest BCUT2D eigenvalue weighted by atomic mass is 10.2. The molecule has 2 N–H and O–H groups in total. The van der Waals surface area contributed by atoms with Crippen molar-refractivity contribution in [2.24, 2.45) is 0 Å². The average molecular weight is 340 g/mol. The Hall–Kier alpha value is -2.90. The maximum Gasteiger partial charge on any atom is 0.320 e. The summed E-state index contributed by atoms with van der Waals surface area (Å²) in [5.74, 6) is 1.95. The van der Waals surface area contributed by atoms with Crippen molar-refractivity contribution in [1.82, 2.24) is 24.5 Å². The van der Waals surface area contributed by atoms with E-state index in [4.69, 9.17) is 15.2 Å². The molecule has 0 saturated heterocycles. The van der Waals surface area contributed by atoms with Gasteiger partial charge in [-0.2, -0.15) is 9.97 Å². The number of rotatable bonds is 0. The highest BCUT2D eigenvalue weighted by Gasteiger charge is 2.16. The largest absolute Gasteiger partial charge is 0.493 e. The molecule has 0 amide bonds. The van der Waals surface area contributed by atoms with E-state index in [1.807, 2.05) is 23.6 Å². The molecule has 1 aliphatic rings. The first-order valence-corrected chi connectivity index (χ1v) is 8.41. The predicted octanol–water partition coefficient (Wildman–Crippen LogP) is 2.10. The minimum atomic E-state index is 0.291. The Morgan fingerprint density at radius 1 is 1.08 bits per heavy atom. The molecule has 0 radical (unpaired) electrons. The van der Waals surface area contributed by atoms with Crippen LogP contribution in [0, 0.1) is 6.92 Å². The van der Waals surface area contributed by atoms with Gasteiger partial charge < -0.3 is 19.8 Å². The topological polar surface area (TPSA) is 101 Å². The molecule has 8 heteroatoms. The number of fused-ring (bicyclic) bond motifs is 3. The molecule has 0 atom stereocenters. The molecule has 0 unspecified atom stereocenters. The number of anilines is 1. The second-order valence-corrected chi connectivity index (χ2v) is 6.05. The van der Waals surface area contributed by atoms with E-state index < -0.39 is 0 Å². The van der Waals surface area contributed by atoms with Gasteiger partial charge in [-0.15, -0.1) is 0 Å². The van der Waals surface area contributed by atoms with Crippen molar-refractivity contribution in [3.63, 3.8) is 0 Å². The van der Waals surface area contributed by atoms with Gasteiger partial charge in [-0.1, -0.05) is 0 Å². The Morgan fingerprint density at radius 3 is 2.80 bits per heavy atom. The first kappa shape index (κ1) is 15.6. The van der Waals surface area contributed by atoms with Crippen LogP contribution in [-0.2, 0) is 6.54 Å². The number of nitrogen functional groups attached to an aromatic ring is 1. The summed E-state index contributed by atoms with van der Waals surface area (Å²) in [6, 6.07) is 4.12. The minimum Gasteiger partial charge on any atom is -0.493 e. The fourth-order valence-corrected chi connectivity index (χ4v) is 2.89. The molecular formula is C17H20N6O2. The number of ether oxygens (including phenoxy) is 2. The third kappa shape index (κ3) is 3.19. The summed E-state index contributed by atoms with van der Waals surface area (Å²) in [6.45, 7) is 3.66. The summed E-state index contributed by atoms with van der Waals surface area (Å²) in [4.78, 5) is 17.7. The van der Waals surface area contributed by atoms with E-state index in [-0.39, 0.29) is 0 Å². The Kier molecular flexibility index (Phi) is 4.09. The van der Waals surface area contributed by atoms with Gasteiger partial charge in [-0.3, -0.25) is 4.98 Å². The van der Waals surface area contributed by atoms with Crippen LogP contribution in [0.25, 0.3) is 11.2 Å². The van der Waals surface area contributed by atoms with E-state index in [0.29, 0.717) is 42.8 Å². The van der Waals surface area contributed by atoms with Crippen LogP contribution in [0.5, 0.6) is 11.8 Å². The van der Waals surface area contributed by atoms with Gasteiger partial charge >= 0.3 is 6.01 Å². The molecule has 3 aromatic heterocycles. The zero-order valence-electron chi connectivity index (χ0n) is 14.1. The summed E-state index contributed by atoms with van der Waals surface area (Å²) in [5, 5.41) is 0. The van der Waals surface area contributed by atoms with Crippen molar-refractivity contribution in [3.05, 3.63) is 29.8 Å². The van der Waals surface area contributed by atoms with Gasteiger partial charge in [0.2, 0.25) is 0 Å². The number of nitrogens with two attached hydrogens (primary N) is 1. The number of nitrogens with zero attached hydrogens (tertiary/aromatic N) is 5. The minimum absolute atomic E-state index is 0.291. The van der Waals surface area contributed by atoms with Gasteiger partial charge in [0.05, 0.1) is 25.5 Å². The van der Waals surface area contributed by atoms with E-state index in [9.17, 15) is 0 Å². The number of aromatic nitrogens is 5. The third-order valence-corrected chi connectivity index (χ3v) is 4.19. The standard InChI is InChI=1S/C17H20N6O2/c1-11-20-14-15(18)21-17-22-16(14)23(11)10-12-9-13(5-6-19-12)24-7-3-2-4-8-25-17/h5-6,9H,2-4,7-8,10H2,1H3,(H2,18,21,22). The predicted molar refractivity (Wildman–Crippen MR) is 92.7 cm³/mol. The molecule has 4 heterocycles. The maximum atomic E-state index is 6.05. The molecule has 8 nitrogen and oxygen atoms in total. The van der Waals surface area contributed by atoms with Crippen LogP contribution >= 0.6 is 0 Å². The molecule has 0 aliphatic carbocycles. The van der Waals surface area contributed by atoms with Crippen molar-refractivity contribution >= 4 is 17.0 Å². The van der Waals surface area contributed by atoms with Crippen molar-refractivity contribution < 1.29 is 9.47 Å². The third-order valence-electron chi connectivity index (χ3n) is 4.19. The first-order chi connectivity index (χ1) is 12.2. The summed E-state index contributed by atoms with van der Waals surface area (Å²) in [7, 11) is 0. The molecule has 0 aromatic carbocycles. The molecule has 1 aliphatic heterocycles. The Bertz CT molecular complexity index is 908. The van der Waals surface area contributed by atoms with Gasteiger partial charge in [-0.25, -0.2) is 4.98 Å². The normalized spacial score (nSPS) is 15.2. The number of aryl methyl sites for hydroxylation is 1. The Morgan fingerprint density at radius 2 is 1.92 bits per heavy atom. The molecular weight excluding hydrogens is 320 g/mol. The highest BCUT2D eigenvalue weighted by molar-refractivity contribution is 5.82. The number of imidazole rings is 1. The zero-order chi connectivity index (χ0) is 17.2. The molecule has 0 spiro atoms. The van der Waals surface area contributed by atoms with E-state index in [1.54, 1.807) is 6.20 Å². The van der Waals surface area contributed by atoms with Crippen LogP contribution in [0.3, 0.4) is 0 Å². The van der Waals surface area contributed by atoms with Crippen molar-refractivity contribution in [1.29, 1.82) is 0 Å². The smallest absolute Gasteiger partial charge is 0.320 e. The lowest BCUT2D eigenvalue weighted by Gasteiger charge is -2.09. The van der Waals surface area contributed by atoms with Crippen LogP contribution in [0.15, 0.2) is 18.3 Å². The van der Waals surface area contributed by atoms with Crippen LogP contribution in [0.2, 0.25) is 0 Å². The number of hydrogen-bond donors (Lipinski definition) is 1. The van der Waals surface area contributed by atoms with Crippen molar-refractivity contribution in [2.45, 2.75) is 32.7 Å². The maximum absolute atomic E-state index is 6.05. The van der Waals surface area contributed by atoms with Gasteiger partial charge in [0, 0.05) is 12.3 Å². The highest BCUT2D eigenvalue weighted by atomic mass is 16.5. The SMILES string of the molecule is Cc1nc2c(N)nc3nc2n1Cc1cc(ccn1)OCCCCCO3. The number of hydrogen-bond acceptors (Lipinski definition) is 7. The van der Waals surface area contributed by atoms with Gasteiger partial charge in [0.25, 0.3) is 0 Å². The Labute approximate surface area is 145 Å². The molecule has 0 fully saturated rings. The lowest BCUT2D eigenvalue weighted by Crippen LogP contribution is -2.07. The van der Waals surface area contributed by atoms with Crippen molar-refractivity contribution in [3.8, 4) is 11.8 Å². The number of pyridine rings is 1. The molecule has 4 rings (SSSR count). The Balaban J connectivity index is 1.80. The summed E-state index contributed by atoms with van der Waals surface area (Å²) < 4.78 is 13.5. The van der Waals surface area contributed by atoms with Crippen LogP contribution in [-0.4, -0.2) is 37.7 Å². The molecule has 4 bridgehead atoms. The van der Waals surface area contributed by atoms with Crippen molar-refractivity contribution in [2.75, 3.05) is 18.9 Å². The quantitative estimate of drug-likeness (QED) is 0.668. The molecule has 3 aromatic rings. The van der Waals surface area contributed by atoms with Crippen LogP contribution < -0.4 is 15.2 Å². The fraction of sp³-hybridized carbons (Fsp3) is 0.412. The van der Waals surface area contributed by atoms with E-state index >= 15 is 0 Å². The van der Waals surface area contributed by atoms with E-state index in [2.05, 4.69) is 19.9 Å². The van der Waals surface area contributed by atoms with Gasteiger partial charge in [0.1, 0.15) is 11.6 Å². The highest BCUT2D eigenvalue weighted by Crippen LogP contribution is 2.23.